The molecule has 28 heavy (non-hydrogen) atoms. The zero-order chi connectivity index (χ0) is 19.2. The number of hydrogen-bond donors (Lipinski definition) is 1. The first-order chi connectivity index (χ1) is 13.8. The number of aryl methyl sites for hydroxylation is 1. The molecule has 1 N–H and O–H groups in total. The van der Waals surface area contributed by atoms with Crippen LogP contribution >= 0.6 is 0 Å². The van der Waals surface area contributed by atoms with Crippen LogP contribution in [0.2, 0.25) is 0 Å². The van der Waals surface area contributed by atoms with Crippen LogP contribution in [-0.2, 0) is 19.5 Å². The maximum atomic E-state index is 4.91. The summed E-state index contributed by atoms with van der Waals surface area (Å²) in [5.41, 5.74) is 1.30. The highest BCUT2D eigenvalue weighted by atomic mass is 15.4. The average molecular weight is 382 g/mol. The first-order valence-corrected chi connectivity index (χ1v) is 10.6. The van der Waals surface area contributed by atoms with Crippen LogP contribution in [0.25, 0.3) is 0 Å². The van der Waals surface area contributed by atoms with Crippen molar-refractivity contribution in [3.05, 3.63) is 42.0 Å². The van der Waals surface area contributed by atoms with Gasteiger partial charge in [0.05, 0.1) is 0 Å². The highest BCUT2D eigenvalue weighted by Crippen LogP contribution is 2.17. The van der Waals surface area contributed by atoms with Crippen LogP contribution in [0.4, 0.5) is 5.69 Å². The number of nitrogens with one attached hydrogen (secondary N) is 1. The maximum Gasteiger partial charge on any atom is 0.194 e. The van der Waals surface area contributed by atoms with Crippen molar-refractivity contribution in [1.82, 2.24) is 25.0 Å². The van der Waals surface area contributed by atoms with Crippen LogP contribution in [0, 0.1) is 0 Å². The molecule has 0 bridgehead atoms. The van der Waals surface area contributed by atoms with Gasteiger partial charge in [0.25, 0.3) is 0 Å². The molecule has 0 atom stereocenters. The van der Waals surface area contributed by atoms with E-state index in [1.54, 1.807) is 0 Å². The molecule has 0 radical (unpaired) electrons. The summed E-state index contributed by atoms with van der Waals surface area (Å²) in [7, 11) is 0. The largest absolute Gasteiger partial charge is 0.368 e. The molecule has 2 aliphatic rings. The molecular weight excluding hydrogens is 350 g/mol. The van der Waals surface area contributed by atoms with Crippen molar-refractivity contribution in [2.45, 2.75) is 45.7 Å². The Morgan fingerprint density at radius 1 is 1.00 bits per heavy atom. The fraction of sp³-hybridized carbons (Fsp3) is 0.571. The molecular formula is C21H31N7. The first-order valence-electron chi connectivity index (χ1n) is 10.6. The van der Waals surface area contributed by atoms with Crippen LogP contribution in [0.3, 0.4) is 0 Å². The van der Waals surface area contributed by atoms with Crippen LogP contribution in [0.5, 0.6) is 0 Å². The minimum Gasteiger partial charge on any atom is -0.368 e. The highest BCUT2D eigenvalue weighted by molar-refractivity contribution is 5.80. The number of hydrogen-bond acceptors (Lipinski definition) is 4. The molecule has 7 heteroatoms. The lowest BCUT2D eigenvalue weighted by atomic mass is 10.2. The van der Waals surface area contributed by atoms with E-state index in [2.05, 4.69) is 67.1 Å². The lowest BCUT2D eigenvalue weighted by molar-refractivity contribution is 0.372. The molecule has 0 amide bonds. The minimum atomic E-state index is 0.592. The third kappa shape index (κ3) is 4.29. The van der Waals surface area contributed by atoms with E-state index in [1.165, 1.54) is 24.9 Å². The number of aliphatic imine (C=N–C) groups is 1. The summed E-state index contributed by atoms with van der Waals surface area (Å²) in [6.07, 6.45) is 4.75. The van der Waals surface area contributed by atoms with Gasteiger partial charge >= 0.3 is 0 Å². The van der Waals surface area contributed by atoms with Crippen molar-refractivity contribution >= 4 is 11.6 Å². The average Bonchev–Trinajstić information content (AvgIpc) is 2.98. The van der Waals surface area contributed by atoms with Crippen molar-refractivity contribution in [1.29, 1.82) is 0 Å². The molecule has 0 aliphatic carbocycles. The summed E-state index contributed by atoms with van der Waals surface area (Å²) in [5.74, 6) is 3.11. The summed E-state index contributed by atoms with van der Waals surface area (Å²) in [5, 5.41) is 12.3. The quantitative estimate of drug-likeness (QED) is 0.650. The molecule has 0 unspecified atom stereocenters. The van der Waals surface area contributed by atoms with Gasteiger partial charge in [0.15, 0.2) is 11.8 Å². The van der Waals surface area contributed by atoms with Gasteiger partial charge in [-0.05, 0) is 31.9 Å². The van der Waals surface area contributed by atoms with Crippen LogP contribution in [0.1, 0.15) is 37.8 Å². The van der Waals surface area contributed by atoms with Gasteiger partial charge in [-0.3, -0.25) is 0 Å². The Kier molecular flexibility index (Phi) is 6.09. The molecule has 2 aliphatic heterocycles. The van der Waals surface area contributed by atoms with Gasteiger partial charge in [-0.1, -0.05) is 24.6 Å². The number of nitrogens with zero attached hydrogens (tertiary/aromatic N) is 6. The molecule has 2 aromatic rings. The van der Waals surface area contributed by atoms with Gasteiger partial charge in [0, 0.05) is 51.4 Å². The third-order valence-electron chi connectivity index (χ3n) is 5.59. The topological polar surface area (TPSA) is 61.6 Å². The van der Waals surface area contributed by atoms with Crippen molar-refractivity contribution in [3.8, 4) is 0 Å². The highest BCUT2D eigenvalue weighted by Gasteiger charge is 2.20. The van der Waals surface area contributed by atoms with Crippen LogP contribution < -0.4 is 10.2 Å². The van der Waals surface area contributed by atoms with Crippen molar-refractivity contribution < 1.29 is 0 Å². The summed E-state index contributed by atoms with van der Waals surface area (Å²) in [6.45, 7) is 8.57. The molecule has 7 nitrogen and oxygen atoms in total. The van der Waals surface area contributed by atoms with E-state index in [0.717, 1.165) is 63.3 Å². The second kappa shape index (κ2) is 9.08. The van der Waals surface area contributed by atoms with E-state index in [-0.39, 0.29) is 0 Å². The second-order valence-electron chi connectivity index (χ2n) is 7.47. The summed E-state index contributed by atoms with van der Waals surface area (Å²) < 4.78 is 2.29. The predicted molar refractivity (Wildman–Crippen MR) is 113 cm³/mol. The molecule has 0 spiro atoms. The molecule has 150 valence electrons. The number of aromatic nitrogens is 3. The number of guanidine groups is 1. The third-order valence-corrected chi connectivity index (χ3v) is 5.59. The Balaban J connectivity index is 1.41. The Hall–Kier alpha value is -2.57. The van der Waals surface area contributed by atoms with Gasteiger partial charge in [0.2, 0.25) is 0 Å². The molecule has 3 heterocycles. The number of piperazine rings is 1. The Labute approximate surface area is 167 Å². The van der Waals surface area contributed by atoms with Crippen molar-refractivity contribution in [2.24, 2.45) is 4.99 Å². The SMILES string of the molecule is CCNC(=NCc1nnc2n1CCCCC2)N1CCN(c2ccccc2)CC1. The second-order valence-corrected chi connectivity index (χ2v) is 7.47. The number of para-hydroxylation sites is 1. The van der Waals surface area contributed by atoms with E-state index in [0.29, 0.717) is 6.54 Å². The minimum absolute atomic E-state index is 0.592. The van der Waals surface area contributed by atoms with E-state index >= 15 is 0 Å². The molecule has 4 rings (SSSR count). The molecule has 0 saturated carbocycles. The standard InChI is InChI=1S/C21H31N7/c1-2-22-21(23-17-20-25-24-19-11-7-4-8-12-28(19)20)27-15-13-26(14-16-27)18-9-5-3-6-10-18/h3,5-6,9-10H,2,4,7-8,11-17H2,1H3,(H,22,23). The lowest BCUT2D eigenvalue weighted by Gasteiger charge is -2.37. The molecule has 1 aromatic carbocycles. The summed E-state index contributed by atoms with van der Waals surface area (Å²) >= 11 is 0. The van der Waals surface area contributed by atoms with Crippen molar-refractivity contribution in [3.63, 3.8) is 0 Å². The fourth-order valence-corrected chi connectivity index (χ4v) is 4.05. The maximum absolute atomic E-state index is 4.91. The molecule has 1 fully saturated rings. The van der Waals surface area contributed by atoms with Crippen LogP contribution in [0.15, 0.2) is 35.3 Å². The number of rotatable bonds is 4. The zero-order valence-corrected chi connectivity index (χ0v) is 16.8. The van der Waals surface area contributed by atoms with Gasteiger partial charge in [-0.25, -0.2) is 4.99 Å². The number of fused-ring (bicyclic) bond motifs is 1. The Bertz CT molecular complexity index is 775. The zero-order valence-electron chi connectivity index (χ0n) is 16.8. The van der Waals surface area contributed by atoms with Gasteiger partial charge in [-0.2, -0.15) is 0 Å². The van der Waals surface area contributed by atoms with E-state index < -0.39 is 0 Å². The summed E-state index contributed by atoms with van der Waals surface area (Å²) in [6, 6.07) is 10.7. The van der Waals surface area contributed by atoms with Gasteiger partial charge < -0.3 is 19.7 Å². The smallest absolute Gasteiger partial charge is 0.194 e. The normalized spacial score (nSPS) is 18.0. The fourth-order valence-electron chi connectivity index (χ4n) is 4.05. The summed E-state index contributed by atoms with van der Waals surface area (Å²) in [4.78, 5) is 9.71. The van der Waals surface area contributed by atoms with E-state index in [4.69, 9.17) is 4.99 Å². The number of anilines is 1. The molecule has 1 saturated heterocycles. The monoisotopic (exact) mass is 381 g/mol. The Morgan fingerprint density at radius 2 is 1.82 bits per heavy atom. The van der Waals surface area contributed by atoms with Gasteiger partial charge in [-0.15, -0.1) is 10.2 Å². The predicted octanol–water partition coefficient (Wildman–Crippen LogP) is 2.29. The Morgan fingerprint density at radius 3 is 2.61 bits per heavy atom. The van der Waals surface area contributed by atoms with Crippen molar-refractivity contribution in [2.75, 3.05) is 37.6 Å². The van der Waals surface area contributed by atoms with E-state index in [1.807, 2.05) is 0 Å². The molecule has 1 aromatic heterocycles. The van der Waals surface area contributed by atoms with Gasteiger partial charge in [0.1, 0.15) is 12.4 Å². The van der Waals surface area contributed by atoms with E-state index in [9.17, 15) is 0 Å². The lowest BCUT2D eigenvalue weighted by Crippen LogP contribution is -2.52. The first kappa shape index (κ1) is 18.8. The number of benzene rings is 1. The van der Waals surface area contributed by atoms with Crippen LogP contribution in [-0.4, -0.2) is 58.3 Å².